The Bertz CT molecular complexity index is 741. The van der Waals surface area contributed by atoms with Crippen LogP contribution in [0.5, 0.6) is 0 Å². The number of para-hydroxylation sites is 1. The molecule has 0 aliphatic rings. The van der Waals surface area contributed by atoms with E-state index >= 15 is 0 Å². The summed E-state index contributed by atoms with van der Waals surface area (Å²) in [6.45, 7) is 1.31. The SMILES string of the molecule is CN(C)CCNC(=O)c1ccc(C(=O)Nc2c(Cl)cccc2Cl)cc1. The minimum atomic E-state index is -0.352. The molecule has 0 saturated heterocycles. The Balaban J connectivity index is 2.01. The van der Waals surface area contributed by atoms with Gasteiger partial charge in [-0.2, -0.15) is 0 Å². The van der Waals surface area contributed by atoms with Crippen LogP contribution in [0.1, 0.15) is 20.7 Å². The van der Waals surface area contributed by atoms with E-state index < -0.39 is 0 Å². The largest absolute Gasteiger partial charge is 0.351 e. The molecule has 2 amide bonds. The number of halogens is 2. The second-order valence-corrected chi connectivity index (χ2v) is 6.50. The molecule has 2 N–H and O–H groups in total. The van der Waals surface area contributed by atoms with Crippen molar-refractivity contribution in [2.45, 2.75) is 0 Å². The Hall–Kier alpha value is -2.08. The molecule has 25 heavy (non-hydrogen) atoms. The van der Waals surface area contributed by atoms with E-state index in [0.29, 0.717) is 33.4 Å². The normalized spacial score (nSPS) is 10.6. The minimum absolute atomic E-state index is 0.178. The standard InChI is InChI=1S/C18H19Cl2N3O2/c1-23(2)11-10-21-17(24)12-6-8-13(9-7-12)18(25)22-16-14(19)4-3-5-15(16)20/h3-9H,10-11H2,1-2H3,(H,21,24)(H,22,25). The highest BCUT2D eigenvalue weighted by molar-refractivity contribution is 6.40. The lowest BCUT2D eigenvalue weighted by molar-refractivity contribution is 0.0949. The molecule has 132 valence electrons. The molecule has 0 bridgehead atoms. The van der Waals surface area contributed by atoms with Crippen LogP contribution < -0.4 is 10.6 Å². The maximum absolute atomic E-state index is 12.3. The van der Waals surface area contributed by atoms with Crippen LogP contribution in [0.2, 0.25) is 10.0 Å². The Morgan fingerprint density at radius 3 is 1.96 bits per heavy atom. The van der Waals surface area contributed by atoms with Gasteiger partial charge in [0.25, 0.3) is 11.8 Å². The van der Waals surface area contributed by atoms with E-state index in [0.717, 1.165) is 6.54 Å². The molecule has 0 aliphatic heterocycles. The summed E-state index contributed by atoms with van der Waals surface area (Å²) in [6, 6.07) is 11.4. The fourth-order valence-electron chi connectivity index (χ4n) is 2.07. The van der Waals surface area contributed by atoms with Gasteiger partial charge in [0.2, 0.25) is 0 Å². The third-order valence-electron chi connectivity index (χ3n) is 3.46. The van der Waals surface area contributed by atoms with Gasteiger partial charge >= 0.3 is 0 Å². The fraction of sp³-hybridized carbons (Fsp3) is 0.222. The molecule has 0 unspecified atom stereocenters. The Morgan fingerprint density at radius 1 is 0.920 bits per heavy atom. The number of rotatable bonds is 6. The molecule has 0 fully saturated rings. The summed E-state index contributed by atoms with van der Waals surface area (Å²) in [4.78, 5) is 26.3. The maximum Gasteiger partial charge on any atom is 0.255 e. The van der Waals surface area contributed by atoms with E-state index in [4.69, 9.17) is 23.2 Å². The average Bonchev–Trinajstić information content (AvgIpc) is 2.58. The molecule has 0 radical (unpaired) electrons. The van der Waals surface area contributed by atoms with Crippen LogP contribution >= 0.6 is 23.2 Å². The van der Waals surface area contributed by atoms with E-state index in [2.05, 4.69) is 10.6 Å². The summed E-state index contributed by atoms with van der Waals surface area (Å²) in [6.07, 6.45) is 0. The summed E-state index contributed by atoms with van der Waals surface area (Å²) in [7, 11) is 3.87. The smallest absolute Gasteiger partial charge is 0.255 e. The van der Waals surface area contributed by atoms with Crippen molar-refractivity contribution in [3.05, 3.63) is 63.6 Å². The van der Waals surface area contributed by atoms with Gasteiger partial charge in [-0.1, -0.05) is 29.3 Å². The molecular formula is C18H19Cl2N3O2. The van der Waals surface area contributed by atoms with Crippen molar-refractivity contribution < 1.29 is 9.59 Å². The highest BCUT2D eigenvalue weighted by atomic mass is 35.5. The number of amides is 2. The predicted molar refractivity (Wildman–Crippen MR) is 102 cm³/mol. The van der Waals surface area contributed by atoms with Gasteiger partial charge in [-0.25, -0.2) is 0 Å². The van der Waals surface area contributed by atoms with Crippen molar-refractivity contribution in [3.63, 3.8) is 0 Å². The monoisotopic (exact) mass is 379 g/mol. The summed E-state index contributed by atoms with van der Waals surface area (Å²) in [5, 5.41) is 6.22. The summed E-state index contributed by atoms with van der Waals surface area (Å²) < 4.78 is 0. The van der Waals surface area contributed by atoms with E-state index in [1.165, 1.54) is 0 Å². The van der Waals surface area contributed by atoms with Crippen molar-refractivity contribution in [1.82, 2.24) is 10.2 Å². The lowest BCUT2D eigenvalue weighted by Gasteiger charge is -2.11. The number of benzene rings is 2. The lowest BCUT2D eigenvalue weighted by Crippen LogP contribution is -2.31. The molecule has 7 heteroatoms. The van der Waals surface area contributed by atoms with Gasteiger partial charge in [0, 0.05) is 24.2 Å². The van der Waals surface area contributed by atoms with Crippen LogP contribution in [0.3, 0.4) is 0 Å². The van der Waals surface area contributed by atoms with Crippen LogP contribution in [-0.4, -0.2) is 43.9 Å². The number of nitrogens with one attached hydrogen (secondary N) is 2. The molecule has 2 rings (SSSR count). The maximum atomic E-state index is 12.3. The van der Waals surface area contributed by atoms with Crippen molar-refractivity contribution in [1.29, 1.82) is 0 Å². The molecule has 5 nitrogen and oxygen atoms in total. The third kappa shape index (κ3) is 5.46. The Labute approximate surface area is 156 Å². The van der Waals surface area contributed by atoms with Gasteiger partial charge in [-0.15, -0.1) is 0 Å². The molecule has 0 spiro atoms. The molecular weight excluding hydrogens is 361 g/mol. The van der Waals surface area contributed by atoms with Crippen LogP contribution in [0, 0.1) is 0 Å². The van der Waals surface area contributed by atoms with Gasteiger partial charge in [0.05, 0.1) is 15.7 Å². The second-order valence-electron chi connectivity index (χ2n) is 5.69. The minimum Gasteiger partial charge on any atom is -0.351 e. The first-order valence-electron chi connectivity index (χ1n) is 7.67. The summed E-state index contributed by atoms with van der Waals surface area (Å²) in [5.41, 5.74) is 1.26. The van der Waals surface area contributed by atoms with E-state index in [-0.39, 0.29) is 11.8 Å². The zero-order valence-corrected chi connectivity index (χ0v) is 15.5. The predicted octanol–water partition coefficient (Wildman–Crippen LogP) is 3.54. The molecule has 0 aromatic heterocycles. The molecule has 2 aromatic carbocycles. The fourth-order valence-corrected chi connectivity index (χ4v) is 2.56. The van der Waals surface area contributed by atoms with Crippen LogP contribution in [0.4, 0.5) is 5.69 Å². The van der Waals surface area contributed by atoms with E-state index in [9.17, 15) is 9.59 Å². The zero-order chi connectivity index (χ0) is 18.4. The van der Waals surface area contributed by atoms with Crippen LogP contribution in [-0.2, 0) is 0 Å². The van der Waals surface area contributed by atoms with Gasteiger partial charge < -0.3 is 15.5 Å². The second kappa shape index (κ2) is 8.85. The van der Waals surface area contributed by atoms with Crippen molar-refractivity contribution in [2.75, 3.05) is 32.5 Å². The zero-order valence-electron chi connectivity index (χ0n) is 14.0. The quantitative estimate of drug-likeness (QED) is 0.806. The van der Waals surface area contributed by atoms with Crippen molar-refractivity contribution in [3.8, 4) is 0 Å². The number of nitrogens with zero attached hydrogens (tertiary/aromatic N) is 1. The Kier molecular flexibility index (Phi) is 6.82. The number of likely N-dealkylation sites (N-methyl/N-ethyl adjacent to an activating group) is 1. The molecule has 0 aliphatic carbocycles. The Morgan fingerprint density at radius 2 is 1.44 bits per heavy atom. The van der Waals surface area contributed by atoms with Gasteiger partial charge in [-0.3, -0.25) is 9.59 Å². The van der Waals surface area contributed by atoms with E-state index in [1.807, 2.05) is 19.0 Å². The molecule has 0 atom stereocenters. The first kappa shape index (κ1) is 19.2. The topological polar surface area (TPSA) is 61.4 Å². The van der Waals surface area contributed by atoms with Gasteiger partial charge in [-0.05, 0) is 50.5 Å². The average molecular weight is 380 g/mol. The van der Waals surface area contributed by atoms with E-state index in [1.54, 1.807) is 42.5 Å². The first-order valence-corrected chi connectivity index (χ1v) is 8.42. The molecule has 2 aromatic rings. The number of carbonyl (C=O) groups is 2. The van der Waals surface area contributed by atoms with Crippen molar-refractivity contribution >= 4 is 40.7 Å². The molecule has 0 heterocycles. The number of hydrogen-bond donors (Lipinski definition) is 2. The molecule has 0 saturated carbocycles. The highest BCUT2D eigenvalue weighted by Crippen LogP contribution is 2.30. The van der Waals surface area contributed by atoms with Crippen LogP contribution in [0.15, 0.2) is 42.5 Å². The van der Waals surface area contributed by atoms with Crippen LogP contribution in [0.25, 0.3) is 0 Å². The first-order chi connectivity index (χ1) is 11.9. The highest BCUT2D eigenvalue weighted by Gasteiger charge is 2.12. The third-order valence-corrected chi connectivity index (χ3v) is 4.09. The lowest BCUT2D eigenvalue weighted by atomic mass is 10.1. The van der Waals surface area contributed by atoms with Crippen molar-refractivity contribution in [2.24, 2.45) is 0 Å². The summed E-state index contributed by atoms with van der Waals surface area (Å²) in [5.74, 6) is -0.530. The number of carbonyl (C=O) groups excluding carboxylic acids is 2. The number of anilines is 1. The summed E-state index contributed by atoms with van der Waals surface area (Å²) >= 11 is 12.1. The van der Waals surface area contributed by atoms with Gasteiger partial charge in [0.15, 0.2) is 0 Å². The van der Waals surface area contributed by atoms with Gasteiger partial charge in [0.1, 0.15) is 0 Å². The number of hydrogen-bond acceptors (Lipinski definition) is 3.